The van der Waals surface area contributed by atoms with E-state index < -0.39 is 11.9 Å². The van der Waals surface area contributed by atoms with Gasteiger partial charge in [0.05, 0.1) is 13.7 Å². The van der Waals surface area contributed by atoms with Crippen molar-refractivity contribution in [2.75, 3.05) is 20.3 Å². The lowest BCUT2D eigenvalue weighted by Crippen LogP contribution is -2.47. The lowest BCUT2D eigenvalue weighted by atomic mass is 10.2. The highest BCUT2D eigenvalue weighted by atomic mass is 16.5. The number of carbonyl (C=O) groups is 2. The van der Waals surface area contributed by atoms with Gasteiger partial charge in [-0.25, -0.2) is 4.79 Å². The van der Waals surface area contributed by atoms with Crippen LogP contribution in [0, 0.1) is 0 Å². The summed E-state index contributed by atoms with van der Waals surface area (Å²) in [5.41, 5.74) is 6.21. The minimum atomic E-state index is -0.509. The van der Waals surface area contributed by atoms with Crippen LogP contribution in [0.15, 0.2) is 18.2 Å². The zero-order chi connectivity index (χ0) is 16.8. The van der Waals surface area contributed by atoms with Crippen molar-refractivity contribution in [1.29, 1.82) is 0 Å². The molecule has 1 atom stereocenters. The van der Waals surface area contributed by atoms with Gasteiger partial charge in [0.15, 0.2) is 11.5 Å². The molecule has 1 aromatic carbocycles. The number of nitrogens with one attached hydrogen (secondary N) is 1. The summed E-state index contributed by atoms with van der Waals surface area (Å²) in [6, 6.07) is 4.70. The molecule has 0 radical (unpaired) electrons. The van der Waals surface area contributed by atoms with Crippen LogP contribution >= 0.6 is 0 Å². The molecule has 0 spiro atoms. The summed E-state index contributed by atoms with van der Waals surface area (Å²) in [4.78, 5) is 25.1. The van der Waals surface area contributed by atoms with E-state index in [1.54, 1.807) is 13.2 Å². The largest absolute Gasteiger partial charge is 0.493 e. The number of urea groups is 1. The zero-order valence-corrected chi connectivity index (χ0v) is 13.5. The molecule has 1 saturated heterocycles. The summed E-state index contributed by atoms with van der Waals surface area (Å²) in [6.45, 7) is 3.31. The Kier molecular flexibility index (Phi) is 5.67. The number of nitrogens with two attached hydrogens (primary N) is 1. The van der Waals surface area contributed by atoms with Gasteiger partial charge in [0.25, 0.3) is 0 Å². The third-order valence-electron chi connectivity index (χ3n) is 3.81. The Morgan fingerprint density at radius 1 is 1.39 bits per heavy atom. The first-order valence-corrected chi connectivity index (χ1v) is 7.70. The van der Waals surface area contributed by atoms with Gasteiger partial charge in [0, 0.05) is 13.1 Å². The SMILES string of the molecule is CCOc1cc(CNC(=O)N2CCC[C@H]2C(N)=O)ccc1OC. The molecular weight excluding hydrogens is 298 g/mol. The molecule has 1 aliphatic rings. The standard InChI is InChI=1S/C16H23N3O4/c1-3-23-14-9-11(6-7-13(14)22-2)10-18-16(21)19-8-4-5-12(19)15(17)20/h6-7,9,12H,3-5,8,10H2,1-2H3,(H2,17,20)(H,18,21)/t12-/m0/s1. The predicted octanol–water partition coefficient (Wildman–Crippen LogP) is 1.25. The van der Waals surface area contributed by atoms with Crippen LogP contribution in [0.4, 0.5) is 4.79 Å². The van der Waals surface area contributed by atoms with Gasteiger partial charge in [-0.2, -0.15) is 0 Å². The highest BCUT2D eigenvalue weighted by Crippen LogP contribution is 2.28. The summed E-state index contributed by atoms with van der Waals surface area (Å²) >= 11 is 0. The van der Waals surface area contributed by atoms with Gasteiger partial charge in [0.2, 0.25) is 5.91 Å². The Morgan fingerprint density at radius 3 is 2.83 bits per heavy atom. The minimum Gasteiger partial charge on any atom is -0.493 e. The second kappa shape index (κ2) is 7.71. The first-order chi connectivity index (χ1) is 11.1. The van der Waals surface area contributed by atoms with E-state index in [0.717, 1.165) is 12.0 Å². The zero-order valence-electron chi connectivity index (χ0n) is 13.5. The van der Waals surface area contributed by atoms with E-state index in [9.17, 15) is 9.59 Å². The molecule has 3 N–H and O–H groups in total. The first-order valence-electron chi connectivity index (χ1n) is 7.70. The normalized spacial score (nSPS) is 17.0. The molecule has 1 aromatic rings. The smallest absolute Gasteiger partial charge is 0.318 e. The number of hydrogen-bond acceptors (Lipinski definition) is 4. The second-order valence-corrected chi connectivity index (χ2v) is 5.33. The van der Waals surface area contributed by atoms with Crippen molar-refractivity contribution >= 4 is 11.9 Å². The van der Waals surface area contributed by atoms with E-state index in [1.165, 1.54) is 4.90 Å². The van der Waals surface area contributed by atoms with Gasteiger partial charge in [-0.3, -0.25) is 4.79 Å². The number of nitrogens with zero attached hydrogens (tertiary/aromatic N) is 1. The lowest BCUT2D eigenvalue weighted by molar-refractivity contribution is -0.121. The monoisotopic (exact) mass is 321 g/mol. The number of likely N-dealkylation sites (tertiary alicyclic amines) is 1. The Labute approximate surface area is 135 Å². The van der Waals surface area contributed by atoms with Crippen molar-refractivity contribution in [2.24, 2.45) is 5.73 Å². The van der Waals surface area contributed by atoms with Crippen molar-refractivity contribution in [3.63, 3.8) is 0 Å². The van der Waals surface area contributed by atoms with Crippen molar-refractivity contribution < 1.29 is 19.1 Å². The molecular formula is C16H23N3O4. The van der Waals surface area contributed by atoms with Gasteiger partial charge >= 0.3 is 6.03 Å². The molecule has 1 heterocycles. The summed E-state index contributed by atoms with van der Waals surface area (Å²) in [5.74, 6) is 0.828. The molecule has 2 rings (SSSR count). The fourth-order valence-corrected chi connectivity index (χ4v) is 2.68. The number of amides is 3. The van der Waals surface area contributed by atoms with E-state index in [2.05, 4.69) is 5.32 Å². The molecule has 0 aliphatic carbocycles. The third-order valence-corrected chi connectivity index (χ3v) is 3.81. The lowest BCUT2D eigenvalue weighted by Gasteiger charge is -2.22. The number of rotatable bonds is 6. The summed E-state index contributed by atoms with van der Waals surface area (Å²) in [7, 11) is 1.58. The molecule has 23 heavy (non-hydrogen) atoms. The van der Waals surface area contributed by atoms with Gasteiger partial charge < -0.3 is 25.4 Å². The average molecular weight is 321 g/mol. The molecule has 7 heteroatoms. The second-order valence-electron chi connectivity index (χ2n) is 5.33. The predicted molar refractivity (Wildman–Crippen MR) is 85.3 cm³/mol. The van der Waals surface area contributed by atoms with Crippen LogP contribution in [0.5, 0.6) is 11.5 Å². The average Bonchev–Trinajstić information content (AvgIpc) is 3.03. The van der Waals surface area contributed by atoms with Crippen LogP contribution in [-0.2, 0) is 11.3 Å². The molecule has 0 unspecified atom stereocenters. The molecule has 1 fully saturated rings. The van der Waals surface area contributed by atoms with Crippen LogP contribution in [-0.4, -0.2) is 43.1 Å². The van der Waals surface area contributed by atoms with E-state index in [4.69, 9.17) is 15.2 Å². The van der Waals surface area contributed by atoms with Crippen molar-refractivity contribution in [3.8, 4) is 11.5 Å². The topological polar surface area (TPSA) is 93.9 Å². The first kappa shape index (κ1) is 16.9. The molecule has 126 valence electrons. The maximum atomic E-state index is 12.2. The van der Waals surface area contributed by atoms with E-state index in [1.807, 2.05) is 19.1 Å². The van der Waals surface area contributed by atoms with Gasteiger partial charge in [-0.15, -0.1) is 0 Å². The Hall–Kier alpha value is -2.44. The van der Waals surface area contributed by atoms with Gasteiger partial charge in [-0.05, 0) is 37.5 Å². The minimum absolute atomic E-state index is 0.278. The summed E-state index contributed by atoms with van der Waals surface area (Å²) in [6.07, 6.45) is 1.41. The van der Waals surface area contributed by atoms with Crippen LogP contribution in [0.1, 0.15) is 25.3 Å². The number of methoxy groups -OCH3 is 1. The van der Waals surface area contributed by atoms with Crippen molar-refractivity contribution in [3.05, 3.63) is 23.8 Å². The number of hydrogen-bond donors (Lipinski definition) is 2. The van der Waals surface area contributed by atoms with E-state index >= 15 is 0 Å². The Balaban J connectivity index is 1.98. The fourth-order valence-electron chi connectivity index (χ4n) is 2.68. The number of ether oxygens (including phenoxy) is 2. The third kappa shape index (κ3) is 4.06. The maximum Gasteiger partial charge on any atom is 0.318 e. The summed E-state index contributed by atoms with van der Waals surface area (Å²) in [5, 5.41) is 2.82. The van der Waals surface area contributed by atoms with E-state index in [0.29, 0.717) is 37.6 Å². The molecule has 3 amide bonds. The highest BCUT2D eigenvalue weighted by molar-refractivity contribution is 5.86. The van der Waals surface area contributed by atoms with Gasteiger partial charge in [-0.1, -0.05) is 6.07 Å². The Morgan fingerprint density at radius 2 is 2.17 bits per heavy atom. The summed E-state index contributed by atoms with van der Waals surface area (Å²) < 4.78 is 10.7. The number of benzene rings is 1. The van der Waals surface area contributed by atoms with Crippen LogP contribution in [0.2, 0.25) is 0 Å². The van der Waals surface area contributed by atoms with E-state index in [-0.39, 0.29) is 6.03 Å². The fraction of sp³-hybridized carbons (Fsp3) is 0.500. The van der Waals surface area contributed by atoms with Gasteiger partial charge in [0.1, 0.15) is 6.04 Å². The number of primary amides is 1. The highest BCUT2D eigenvalue weighted by Gasteiger charge is 2.32. The molecule has 0 saturated carbocycles. The molecule has 0 bridgehead atoms. The van der Waals surface area contributed by atoms with Crippen molar-refractivity contribution in [1.82, 2.24) is 10.2 Å². The molecule has 0 aromatic heterocycles. The number of carbonyl (C=O) groups excluding carboxylic acids is 2. The Bertz CT molecular complexity index is 576. The van der Waals surface area contributed by atoms with Crippen LogP contribution < -0.4 is 20.5 Å². The molecule has 1 aliphatic heterocycles. The molecule has 7 nitrogen and oxygen atoms in total. The van der Waals surface area contributed by atoms with Crippen molar-refractivity contribution in [2.45, 2.75) is 32.4 Å². The van der Waals surface area contributed by atoms with Crippen LogP contribution in [0.25, 0.3) is 0 Å². The quantitative estimate of drug-likeness (QED) is 0.824. The maximum absolute atomic E-state index is 12.2. The van der Waals surface area contributed by atoms with Crippen LogP contribution in [0.3, 0.4) is 0 Å².